The molecule has 4 atom stereocenters. The first-order chi connectivity index (χ1) is 13.6. The molecule has 0 aromatic rings. The fraction of sp³-hybridized carbons (Fsp3) is 0.783. The van der Waals surface area contributed by atoms with Crippen LogP contribution < -0.4 is 0 Å². The van der Waals surface area contributed by atoms with Gasteiger partial charge in [-0.15, -0.1) is 0 Å². The van der Waals surface area contributed by atoms with Crippen LogP contribution in [0.1, 0.15) is 52.9 Å². The molecule has 0 saturated heterocycles. The van der Waals surface area contributed by atoms with Crippen LogP contribution in [0.25, 0.3) is 0 Å². The Balaban J connectivity index is 2.30. The van der Waals surface area contributed by atoms with E-state index in [1.807, 2.05) is 6.08 Å². The molecule has 0 aromatic carbocycles. The highest BCUT2D eigenvalue weighted by Gasteiger charge is 2.44. The van der Waals surface area contributed by atoms with Gasteiger partial charge in [-0.1, -0.05) is 32.9 Å². The SMILES string of the molecule is COCO[C@@H]1C[C@@H]2[C@H](/C=C/CCCCOC(=O)/C=C/[C@H]2O[Si](C)(C)C(C)(C)C)C1. The first-order valence-corrected chi connectivity index (χ1v) is 13.8. The summed E-state index contributed by atoms with van der Waals surface area (Å²) in [7, 11) is -0.362. The lowest BCUT2D eigenvalue weighted by molar-refractivity contribution is -0.137. The summed E-state index contributed by atoms with van der Waals surface area (Å²) in [5, 5.41) is 0.0956. The lowest BCUT2D eigenvalue weighted by Crippen LogP contribution is -2.45. The second kappa shape index (κ2) is 10.9. The predicted molar refractivity (Wildman–Crippen MR) is 118 cm³/mol. The molecule has 2 rings (SSSR count). The highest BCUT2D eigenvalue weighted by atomic mass is 28.4. The van der Waals surface area contributed by atoms with Crippen molar-refractivity contribution in [2.24, 2.45) is 11.8 Å². The molecule has 0 spiro atoms. The van der Waals surface area contributed by atoms with E-state index in [1.54, 1.807) is 13.2 Å². The Morgan fingerprint density at radius 2 is 1.93 bits per heavy atom. The fourth-order valence-electron chi connectivity index (χ4n) is 3.77. The summed E-state index contributed by atoms with van der Waals surface area (Å²) in [5.74, 6) is 0.364. The minimum atomic E-state index is -2.01. The Morgan fingerprint density at radius 1 is 1.17 bits per heavy atom. The van der Waals surface area contributed by atoms with Gasteiger partial charge in [0.1, 0.15) is 6.79 Å². The van der Waals surface area contributed by atoms with E-state index in [1.165, 1.54) is 0 Å². The third-order valence-electron chi connectivity index (χ3n) is 6.52. The van der Waals surface area contributed by atoms with Gasteiger partial charge in [-0.25, -0.2) is 4.79 Å². The van der Waals surface area contributed by atoms with Gasteiger partial charge in [-0.05, 0) is 68.1 Å². The van der Waals surface area contributed by atoms with E-state index in [-0.39, 0.29) is 29.1 Å². The highest BCUT2D eigenvalue weighted by molar-refractivity contribution is 6.74. The summed E-state index contributed by atoms with van der Waals surface area (Å²) < 4.78 is 23.2. The number of carbonyl (C=O) groups excluding carboxylic acids is 1. The molecule has 0 bridgehead atoms. The predicted octanol–water partition coefficient (Wildman–Crippen LogP) is 5.23. The molecular formula is C23H40O5Si. The van der Waals surface area contributed by atoms with Crippen molar-refractivity contribution in [1.29, 1.82) is 0 Å². The molecule has 5 nitrogen and oxygen atoms in total. The third-order valence-corrected chi connectivity index (χ3v) is 11.0. The molecule has 1 aliphatic heterocycles. The molecule has 2 aliphatic rings. The van der Waals surface area contributed by atoms with Crippen molar-refractivity contribution in [3.63, 3.8) is 0 Å². The standard InChI is InChI=1S/C23H40O5Si/c1-23(2,3)29(5,6)28-21-12-13-22(24)26-14-10-8-7-9-11-18-15-19(16-20(18)21)27-17-25-4/h9,11-13,18-21H,7-8,10,14-17H2,1-6H3/b11-9+,13-12+/t18-,19+,20-,21-/m1/s1. The van der Waals surface area contributed by atoms with Crippen molar-refractivity contribution in [3.8, 4) is 0 Å². The van der Waals surface area contributed by atoms with E-state index < -0.39 is 8.32 Å². The molecule has 1 saturated carbocycles. The van der Waals surface area contributed by atoms with Crippen LogP contribution in [0.5, 0.6) is 0 Å². The second-order valence-corrected chi connectivity index (χ2v) is 14.5. The largest absolute Gasteiger partial charge is 0.463 e. The quantitative estimate of drug-likeness (QED) is 0.262. The van der Waals surface area contributed by atoms with Gasteiger partial charge in [0, 0.05) is 13.2 Å². The zero-order valence-electron chi connectivity index (χ0n) is 19.1. The highest BCUT2D eigenvalue weighted by Crippen LogP contribution is 2.43. The molecule has 1 aliphatic carbocycles. The number of ether oxygens (including phenoxy) is 3. The fourth-order valence-corrected chi connectivity index (χ4v) is 5.06. The molecule has 1 heterocycles. The number of hydrogen-bond acceptors (Lipinski definition) is 5. The maximum absolute atomic E-state index is 12.2. The summed E-state index contributed by atoms with van der Waals surface area (Å²) in [6, 6.07) is 0. The molecule has 0 amide bonds. The van der Waals surface area contributed by atoms with Crippen LogP contribution in [-0.2, 0) is 23.4 Å². The van der Waals surface area contributed by atoms with Gasteiger partial charge in [0.2, 0.25) is 0 Å². The maximum atomic E-state index is 12.2. The van der Waals surface area contributed by atoms with Crippen molar-refractivity contribution in [2.75, 3.05) is 20.5 Å². The number of hydrogen-bond donors (Lipinski definition) is 0. The topological polar surface area (TPSA) is 54.0 Å². The number of allylic oxidation sites excluding steroid dienone is 2. The number of cyclic esters (lactones) is 1. The van der Waals surface area contributed by atoms with Crippen LogP contribution in [-0.4, -0.2) is 47.0 Å². The summed E-state index contributed by atoms with van der Waals surface area (Å²) in [5.41, 5.74) is 0. The van der Waals surface area contributed by atoms with Crippen molar-refractivity contribution in [1.82, 2.24) is 0 Å². The summed E-state index contributed by atoms with van der Waals surface area (Å²) in [6.45, 7) is 12.0. The average molecular weight is 425 g/mol. The Kier molecular flexibility index (Phi) is 9.13. The van der Waals surface area contributed by atoms with Crippen LogP contribution in [0.2, 0.25) is 18.1 Å². The van der Waals surface area contributed by atoms with Gasteiger partial charge in [0.05, 0.1) is 18.8 Å². The molecule has 0 radical (unpaired) electrons. The number of carbonyl (C=O) groups is 1. The normalized spacial score (nSPS) is 31.7. The van der Waals surface area contributed by atoms with Crippen molar-refractivity contribution in [2.45, 2.75) is 83.2 Å². The van der Waals surface area contributed by atoms with Gasteiger partial charge < -0.3 is 18.6 Å². The summed E-state index contributed by atoms with van der Waals surface area (Å²) in [4.78, 5) is 12.2. The van der Waals surface area contributed by atoms with Gasteiger partial charge in [-0.2, -0.15) is 0 Å². The van der Waals surface area contributed by atoms with Crippen molar-refractivity contribution >= 4 is 14.3 Å². The Labute approximate surface area is 177 Å². The number of rotatable bonds is 5. The lowest BCUT2D eigenvalue weighted by atomic mass is 9.90. The van der Waals surface area contributed by atoms with Gasteiger partial charge in [0.15, 0.2) is 8.32 Å². The van der Waals surface area contributed by atoms with Crippen LogP contribution in [0.15, 0.2) is 24.3 Å². The zero-order valence-corrected chi connectivity index (χ0v) is 20.1. The Bertz CT molecular complexity index is 578. The van der Waals surface area contributed by atoms with E-state index in [0.717, 1.165) is 32.1 Å². The minimum Gasteiger partial charge on any atom is -0.463 e. The average Bonchev–Trinajstić information content (AvgIpc) is 3.04. The number of methoxy groups -OCH3 is 1. The smallest absolute Gasteiger partial charge is 0.330 e. The van der Waals surface area contributed by atoms with Gasteiger partial charge >= 0.3 is 5.97 Å². The molecule has 0 aromatic heterocycles. The van der Waals surface area contributed by atoms with Crippen molar-refractivity contribution in [3.05, 3.63) is 24.3 Å². The zero-order chi connectivity index (χ0) is 21.5. The van der Waals surface area contributed by atoms with Crippen molar-refractivity contribution < 1.29 is 23.4 Å². The number of esters is 1. The van der Waals surface area contributed by atoms with E-state index >= 15 is 0 Å². The van der Waals surface area contributed by atoms with E-state index in [0.29, 0.717) is 19.3 Å². The molecule has 6 heteroatoms. The molecule has 166 valence electrons. The van der Waals surface area contributed by atoms with Crippen LogP contribution in [0.4, 0.5) is 0 Å². The molecule has 1 fully saturated rings. The molecule has 0 unspecified atom stereocenters. The third kappa shape index (κ3) is 7.35. The van der Waals surface area contributed by atoms with Crippen LogP contribution in [0.3, 0.4) is 0 Å². The molecular weight excluding hydrogens is 384 g/mol. The Morgan fingerprint density at radius 3 is 2.62 bits per heavy atom. The Hall–Kier alpha value is -0.953. The summed E-state index contributed by atoms with van der Waals surface area (Å²) in [6.07, 6.45) is 12.9. The number of fused-ring (bicyclic) bond motifs is 1. The minimum absolute atomic E-state index is 0.0956. The van der Waals surface area contributed by atoms with Gasteiger partial charge in [-0.3, -0.25) is 0 Å². The molecule has 0 N–H and O–H groups in total. The van der Waals surface area contributed by atoms with E-state index in [2.05, 4.69) is 46.0 Å². The first-order valence-electron chi connectivity index (χ1n) is 10.9. The van der Waals surface area contributed by atoms with Crippen LogP contribution >= 0.6 is 0 Å². The second-order valence-electron chi connectivity index (χ2n) is 9.79. The van der Waals surface area contributed by atoms with Gasteiger partial charge in [0.25, 0.3) is 0 Å². The summed E-state index contributed by atoms with van der Waals surface area (Å²) >= 11 is 0. The maximum Gasteiger partial charge on any atom is 0.330 e. The van der Waals surface area contributed by atoms with E-state index in [4.69, 9.17) is 18.6 Å². The molecule has 29 heavy (non-hydrogen) atoms. The first kappa shape index (κ1) is 24.3. The lowest BCUT2D eigenvalue weighted by Gasteiger charge is -2.41. The monoisotopic (exact) mass is 424 g/mol. The van der Waals surface area contributed by atoms with Crippen LogP contribution in [0, 0.1) is 11.8 Å². The van der Waals surface area contributed by atoms with E-state index in [9.17, 15) is 4.79 Å².